The lowest BCUT2D eigenvalue weighted by Gasteiger charge is -2.13. The molecule has 1 N–H and O–H groups in total. The van der Waals surface area contributed by atoms with Gasteiger partial charge >= 0.3 is 0 Å². The summed E-state index contributed by atoms with van der Waals surface area (Å²) in [6, 6.07) is 3.29. The number of carbonyl (C=O) groups is 1. The van der Waals surface area contributed by atoms with Gasteiger partial charge in [-0.3, -0.25) is 4.79 Å². The SMILES string of the molecule is CC(Cl)C(=O)Nc1cc2c(cc1Cl)OCCCO2. The van der Waals surface area contributed by atoms with E-state index < -0.39 is 5.38 Å². The van der Waals surface area contributed by atoms with Gasteiger partial charge in [-0.2, -0.15) is 0 Å². The zero-order valence-electron chi connectivity index (χ0n) is 9.83. The number of amides is 1. The molecule has 0 bridgehead atoms. The van der Waals surface area contributed by atoms with Gasteiger partial charge in [0.2, 0.25) is 5.91 Å². The molecule has 1 heterocycles. The van der Waals surface area contributed by atoms with E-state index in [1.54, 1.807) is 19.1 Å². The Labute approximate surface area is 115 Å². The maximum absolute atomic E-state index is 11.5. The summed E-state index contributed by atoms with van der Waals surface area (Å²) in [6.07, 6.45) is 0.812. The van der Waals surface area contributed by atoms with Crippen molar-refractivity contribution in [3.05, 3.63) is 17.2 Å². The Balaban J connectivity index is 2.26. The molecule has 0 radical (unpaired) electrons. The molecule has 0 aromatic heterocycles. The minimum absolute atomic E-state index is 0.312. The van der Waals surface area contributed by atoms with Crippen molar-refractivity contribution >= 4 is 34.8 Å². The Bertz CT molecular complexity index is 463. The summed E-state index contributed by atoms with van der Waals surface area (Å²) in [7, 11) is 0. The Morgan fingerprint density at radius 2 is 1.94 bits per heavy atom. The van der Waals surface area contributed by atoms with Gasteiger partial charge in [-0.15, -0.1) is 11.6 Å². The average molecular weight is 290 g/mol. The molecule has 4 nitrogen and oxygen atoms in total. The summed E-state index contributed by atoms with van der Waals surface area (Å²) in [6.45, 7) is 2.76. The molecule has 98 valence electrons. The first-order valence-electron chi connectivity index (χ1n) is 5.62. The van der Waals surface area contributed by atoms with Crippen molar-refractivity contribution < 1.29 is 14.3 Å². The largest absolute Gasteiger partial charge is 0.490 e. The van der Waals surface area contributed by atoms with E-state index in [0.717, 1.165) is 6.42 Å². The van der Waals surface area contributed by atoms with E-state index in [0.29, 0.717) is 35.4 Å². The topological polar surface area (TPSA) is 47.6 Å². The first kappa shape index (κ1) is 13.3. The van der Waals surface area contributed by atoms with E-state index in [1.807, 2.05) is 0 Å². The third-order valence-corrected chi connectivity index (χ3v) is 2.97. The van der Waals surface area contributed by atoms with Gasteiger partial charge in [0, 0.05) is 18.6 Å². The van der Waals surface area contributed by atoms with Crippen LogP contribution >= 0.6 is 23.2 Å². The summed E-state index contributed by atoms with van der Waals surface area (Å²) in [5.74, 6) is 0.858. The molecule has 0 saturated carbocycles. The molecule has 0 saturated heterocycles. The van der Waals surface area contributed by atoms with Crippen LogP contribution in [-0.2, 0) is 4.79 Å². The number of fused-ring (bicyclic) bond motifs is 1. The summed E-state index contributed by atoms with van der Waals surface area (Å²) < 4.78 is 11.0. The van der Waals surface area contributed by atoms with Crippen LogP contribution in [0.2, 0.25) is 5.02 Å². The molecular weight excluding hydrogens is 277 g/mol. The molecular formula is C12H13Cl2NO3. The molecule has 1 unspecified atom stereocenters. The maximum atomic E-state index is 11.5. The first-order chi connectivity index (χ1) is 8.58. The van der Waals surface area contributed by atoms with Crippen molar-refractivity contribution in [2.24, 2.45) is 0 Å². The number of anilines is 1. The zero-order chi connectivity index (χ0) is 13.1. The summed E-state index contributed by atoms with van der Waals surface area (Å²) in [5, 5.41) is 2.41. The van der Waals surface area contributed by atoms with Crippen LogP contribution in [0.3, 0.4) is 0 Å². The molecule has 1 aliphatic rings. The van der Waals surface area contributed by atoms with Crippen LogP contribution in [0.15, 0.2) is 12.1 Å². The maximum Gasteiger partial charge on any atom is 0.242 e. The fraction of sp³-hybridized carbons (Fsp3) is 0.417. The van der Waals surface area contributed by atoms with Crippen LogP contribution in [0.25, 0.3) is 0 Å². The van der Waals surface area contributed by atoms with Crippen molar-refractivity contribution in [2.75, 3.05) is 18.5 Å². The fourth-order valence-corrected chi connectivity index (χ4v) is 1.77. The first-order valence-corrected chi connectivity index (χ1v) is 6.43. The lowest BCUT2D eigenvalue weighted by Crippen LogP contribution is -2.20. The molecule has 0 fully saturated rings. The minimum Gasteiger partial charge on any atom is -0.490 e. The summed E-state index contributed by atoms with van der Waals surface area (Å²) in [5.41, 5.74) is 0.471. The predicted octanol–water partition coefficient (Wildman–Crippen LogP) is 3.07. The van der Waals surface area contributed by atoms with Crippen LogP contribution in [0.5, 0.6) is 11.5 Å². The number of alkyl halides is 1. The van der Waals surface area contributed by atoms with Crippen LogP contribution in [0.1, 0.15) is 13.3 Å². The van der Waals surface area contributed by atoms with Crippen molar-refractivity contribution in [3.63, 3.8) is 0 Å². The Hall–Kier alpha value is -1.13. The quantitative estimate of drug-likeness (QED) is 0.851. The molecule has 0 spiro atoms. The Morgan fingerprint density at radius 3 is 2.56 bits per heavy atom. The molecule has 1 aromatic rings. The van der Waals surface area contributed by atoms with Gasteiger partial charge in [0.1, 0.15) is 5.38 Å². The van der Waals surface area contributed by atoms with Crippen molar-refractivity contribution in [1.29, 1.82) is 0 Å². The third kappa shape index (κ3) is 3.00. The summed E-state index contributed by atoms with van der Waals surface area (Å²) >= 11 is 11.8. The van der Waals surface area contributed by atoms with Gasteiger partial charge in [0.05, 0.1) is 23.9 Å². The number of benzene rings is 1. The predicted molar refractivity (Wildman–Crippen MR) is 71.0 cm³/mol. The van der Waals surface area contributed by atoms with E-state index in [2.05, 4.69) is 5.32 Å². The normalized spacial score (nSPS) is 15.7. The highest BCUT2D eigenvalue weighted by molar-refractivity contribution is 6.35. The Morgan fingerprint density at radius 1 is 1.33 bits per heavy atom. The standard InChI is InChI=1S/C12H13Cl2NO3/c1-7(13)12(16)15-9-6-11-10(5-8(9)14)17-3-2-4-18-11/h5-7H,2-4H2,1H3,(H,15,16). The monoisotopic (exact) mass is 289 g/mol. The Kier molecular flexibility index (Phi) is 4.19. The highest BCUT2D eigenvalue weighted by Gasteiger charge is 2.17. The number of nitrogens with one attached hydrogen (secondary N) is 1. The average Bonchev–Trinajstić information content (AvgIpc) is 2.54. The molecule has 1 atom stereocenters. The number of ether oxygens (including phenoxy) is 2. The van der Waals surface area contributed by atoms with E-state index in [9.17, 15) is 4.79 Å². The van der Waals surface area contributed by atoms with Gasteiger partial charge in [0.25, 0.3) is 0 Å². The van der Waals surface area contributed by atoms with Crippen LogP contribution in [0, 0.1) is 0 Å². The minimum atomic E-state index is -0.628. The number of hydrogen-bond acceptors (Lipinski definition) is 3. The molecule has 0 aliphatic carbocycles. The van der Waals surface area contributed by atoms with Gasteiger partial charge in [-0.25, -0.2) is 0 Å². The molecule has 18 heavy (non-hydrogen) atoms. The molecule has 1 amide bonds. The van der Waals surface area contributed by atoms with Gasteiger partial charge < -0.3 is 14.8 Å². The zero-order valence-corrected chi connectivity index (χ0v) is 11.3. The number of hydrogen-bond donors (Lipinski definition) is 1. The number of carbonyl (C=O) groups excluding carboxylic acids is 1. The van der Waals surface area contributed by atoms with Crippen LogP contribution in [0.4, 0.5) is 5.69 Å². The second-order valence-electron chi connectivity index (χ2n) is 3.93. The molecule has 6 heteroatoms. The van der Waals surface area contributed by atoms with E-state index in [-0.39, 0.29) is 5.91 Å². The van der Waals surface area contributed by atoms with Gasteiger partial charge in [0.15, 0.2) is 11.5 Å². The summed E-state index contributed by atoms with van der Waals surface area (Å²) in [4.78, 5) is 11.5. The number of rotatable bonds is 2. The second kappa shape index (κ2) is 5.67. The lowest BCUT2D eigenvalue weighted by molar-refractivity contribution is -0.115. The van der Waals surface area contributed by atoms with E-state index in [1.165, 1.54) is 0 Å². The van der Waals surface area contributed by atoms with Gasteiger partial charge in [-0.1, -0.05) is 11.6 Å². The highest BCUT2D eigenvalue weighted by atomic mass is 35.5. The lowest BCUT2D eigenvalue weighted by atomic mass is 10.2. The molecule has 1 aromatic carbocycles. The van der Waals surface area contributed by atoms with Crippen LogP contribution in [-0.4, -0.2) is 24.5 Å². The smallest absolute Gasteiger partial charge is 0.242 e. The highest BCUT2D eigenvalue weighted by Crippen LogP contribution is 2.37. The van der Waals surface area contributed by atoms with Crippen molar-refractivity contribution in [2.45, 2.75) is 18.7 Å². The fourth-order valence-electron chi connectivity index (χ4n) is 1.51. The van der Waals surface area contributed by atoms with E-state index >= 15 is 0 Å². The number of halogens is 2. The van der Waals surface area contributed by atoms with Crippen molar-refractivity contribution in [3.8, 4) is 11.5 Å². The third-order valence-electron chi connectivity index (χ3n) is 2.46. The molecule has 2 rings (SSSR count). The molecule has 1 aliphatic heterocycles. The van der Waals surface area contributed by atoms with Crippen molar-refractivity contribution in [1.82, 2.24) is 0 Å². The second-order valence-corrected chi connectivity index (χ2v) is 5.00. The van der Waals surface area contributed by atoms with Crippen LogP contribution < -0.4 is 14.8 Å². The van der Waals surface area contributed by atoms with E-state index in [4.69, 9.17) is 32.7 Å². The van der Waals surface area contributed by atoms with Gasteiger partial charge in [-0.05, 0) is 6.92 Å².